The van der Waals surface area contributed by atoms with Crippen molar-refractivity contribution in [1.29, 1.82) is 0 Å². The molecule has 0 radical (unpaired) electrons. The predicted molar refractivity (Wildman–Crippen MR) is 106 cm³/mol. The summed E-state index contributed by atoms with van der Waals surface area (Å²) < 4.78 is 14.1. The standard InChI is InChI=1S/C19H24N4O4S/c1-4-9-22-17(13-5-7-15(26-2)8-6-13)20-23(19(22)28)12-21-11-14(24)10-16(21)18(25)27-3/h4-8,14,16,24H,1,9-12H2,2-3H3/t14-,16-/m0/s1. The van der Waals surface area contributed by atoms with Gasteiger partial charge in [-0.25, -0.2) is 4.68 Å². The zero-order chi connectivity index (χ0) is 20.3. The van der Waals surface area contributed by atoms with E-state index in [1.165, 1.54) is 7.11 Å². The molecule has 1 aromatic carbocycles. The first kappa shape index (κ1) is 20.2. The summed E-state index contributed by atoms with van der Waals surface area (Å²) in [5, 5.41) is 14.7. The summed E-state index contributed by atoms with van der Waals surface area (Å²) >= 11 is 5.61. The van der Waals surface area contributed by atoms with Crippen molar-refractivity contribution in [3.8, 4) is 17.1 Å². The van der Waals surface area contributed by atoms with E-state index in [1.807, 2.05) is 33.7 Å². The Morgan fingerprint density at radius 1 is 1.39 bits per heavy atom. The van der Waals surface area contributed by atoms with Crippen molar-refractivity contribution in [3.63, 3.8) is 0 Å². The van der Waals surface area contributed by atoms with Crippen molar-refractivity contribution >= 4 is 18.2 Å². The van der Waals surface area contributed by atoms with Crippen LogP contribution in [-0.2, 0) is 22.7 Å². The number of hydrogen-bond acceptors (Lipinski definition) is 7. The first-order valence-corrected chi connectivity index (χ1v) is 9.32. The van der Waals surface area contributed by atoms with Crippen LogP contribution in [0.3, 0.4) is 0 Å². The molecule has 8 nitrogen and oxygen atoms in total. The van der Waals surface area contributed by atoms with Crippen LogP contribution in [0.1, 0.15) is 6.42 Å². The molecule has 3 rings (SSSR count). The molecule has 2 aromatic rings. The normalized spacial score (nSPS) is 19.5. The van der Waals surface area contributed by atoms with E-state index in [4.69, 9.17) is 21.7 Å². The Bertz CT molecular complexity index is 906. The second kappa shape index (κ2) is 8.68. The number of aliphatic hydroxyl groups excluding tert-OH is 1. The summed E-state index contributed by atoms with van der Waals surface area (Å²) in [5.41, 5.74) is 0.887. The number of benzene rings is 1. The lowest BCUT2D eigenvalue weighted by atomic mass is 10.2. The van der Waals surface area contributed by atoms with Crippen molar-refractivity contribution in [2.45, 2.75) is 31.8 Å². The van der Waals surface area contributed by atoms with Gasteiger partial charge in [0, 0.05) is 25.1 Å². The molecular weight excluding hydrogens is 380 g/mol. The molecule has 0 unspecified atom stereocenters. The van der Waals surface area contributed by atoms with E-state index in [1.54, 1.807) is 17.9 Å². The lowest BCUT2D eigenvalue weighted by molar-refractivity contribution is -0.146. The van der Waals surface area contributed by atoms with Crippen molar-refractivity contribution in [1.82, 2.24) is 19.2 Å². The number of carbonyl (C=O) groups excluding carboxylic acids is 1. The zero-order valence-corrected chi connectivity index (χ0v) is 16.8. The lowest BCUT2D eigenvalue weighted by Gasteiger charge is -2.21. The maximum atomic E-state index is 12.0. The Balaban J connectivity index is 1.94. The van der Waals surface area contributed by atoms with E-state index in [2.05, 4.69) is 11.7 Å². The number of aliphatic hydroxyl groups is 1. The lowest BCUT2D eigenvalue weighted by Crippen LogP contribution is -2.38. The van der Waals surface area contributed by atoms with E-state index in [0.29, 0.717) is 30.1 Å². The van der Waals surface area contributed by atoms with Crippen LogP contribution in [0.15, 0.2) is 36.9 Å². The molecule has 2 atom stereocenters. The third-order valence-corrected chi connectivity index (χ3v) is 5.18. The predicted octanol–water partition coefficient (Wildman–Crippen LogP) is 1.84. The van der Waals surface area contributed by atoms with E-state index in [9.17, 15) is 9.90 Å². The van der Waals surface area contributed by atoms with E-state index < -0.39 is 12.1 Å². The number of ether oxygens (including phenoxy) is 2. The van der Waals surface area contributed by atoms with Gasteiger partial charge in [0.1, 0.15) is 11.8 Å². The Kier molecular flexibility index (Phi) is 6.28. The Hall–Kier alpha value is -2.49. The van der Waals surface area contributed by atoms with Crippen molar-refractivity contribution in [2.75, 3.05) is 20.8 Å². The first-order chi connectivity index (χ1) is 13.5. The molecule has 1 aromatic heterocycles. The zero-order valence-electron chi connectivity index (χ0n) is 15.9. The van der Waals surface area contributed by atoms with Gasteiger partial charge in [-0.2, -0.15) is 5.10 Å². The number of nitrogens with zero attached hydrogens (tertiary/aromatic N) is 4. The van der Waals surface area contributed by atoms with Gasteiger partial charge >= 0.3 is 5.97 Å². The number of likely N-dealkylation sites (tertiary alicyclic amines) is 1. The Labute approximate surface area is 168 Å². The molecule has 9 heteroatoms. The SMILES string of the molecule is C=CCn1c(-c2ccc(OC)cc2)nn(CN2C[C@@H](O)C[C@H]2C(=O)OC)c1=S. The maximum absolute atomic E-state index is 12.0. The molecule has 28 heavy (non-hydrogen) atoms. The Morgan fingerprint density at radius 3 is 2.71 bits per heavy atom. The van der Waals surface area contributed by atoms with Crippen LogP contribution in [-0.4, -0.2) is 63.2 Å². The number of rotatable bonds is 7. The monoisotopic (exact) mass is 404 g/mol. The molecule has 0 aliphatic carbocycles. The van der Waals surface area contributed by atoms with E-state index in [0.717, 1.165) is 11.3 Å². The van der Waals surface area contributed by atoms with Crippen LogP contribution < -0.4 is 4.74 Å². The summed E-state index contributed by atoms with van der Waals surface area (Å²) in [7, 11) is 2.96. The van der Waals surface area contributed by atoms with E-state index in [-0.39, 0.29) is 12.6 Å². The van der Waals surface area contributed by atoms with Crippen LogP contribution in [0, 0.1) is 4.77 Å². The summed E-state index contributed by atoms with van der Waals surface area (Å²) in [4.78, 5) is 13.9. The average Bonchev–Trinajstić information content (AvgIpc) is 3.22. The fourth-order valence-corrected chi connectivity index (χ4v) is 3.63. The topological polar surface area (TPSA) is 81.8 Å². The van der Waals surface area contributed by atoms with Crippen LogP contribution in [0.5, 0.6) is 5.75 Å². The minimum atomic E-state index is -0.588. The van der Waals surface area contributed by atoms with Crippen LogP contribution in [0.2, 0.25) is 0 Å². The van der Waals surface area contributed by atoms with Gasteiger partial charge in [0.25, 0.3) is 0 Å². The third-order valence-electron chi connectivity index (χ3n) is 4.75. The number of aromatic nitrogens is 3. The Morgan fingerprint density at radius 2 is 2.11 bits per heavy atom. The van der Waals surface area contributed by atoms with Crippen LogP contribution >= 0.6 is 12.2 Å². The minimum absolute atomic E-state index is 0.281. The van der Waals surface area contributed by atoms with Crippen molar-refractivity contribution in [3.05, 3.63) is 41.7 Å². The van der Waals surface area contributed by atoms with Gasteiger partial charge in [0.05, 0.1) is 27.0 Å². The van der Waals surface area contributed by atoms with Gasteiger partial charge in [0.15, 0.2) is 10.6 Å². The summed E-state index contributed by atoms with van der Waals surface area (Å²) in [6, 6.07) is 7.03. The van der Waals surface area contributed by atoms with E-state index >= 15 is 0 Å². The van der Waals surface area contributed by atoms with Gasteiger partial charge in [-0.3, -0.25) is 14.3 Å². The molecule has 150 valence electrons. The molecule has 1 fully saturated rings. The van der Waals surface area contributed by atoms with Gasteiger partial charge in [-0.1, -0.05) is 6.08 Å². The second-order valence-electron chi connectivity index (χ2n) is 6.57. The highest BCUT2D eigenvalue weighted by molar-refractivity contribution is 7.71. The quantitative estimate of drug-likeness (QED) is 0.428. The average molecular weight is 404 g/mol. The fraction of sp³-hybridized carbons (Fsp3) is 0.421. The molecular formula is C19H24N4O4S. The number of esters is 1. The highest BCUT2D eigenvalue weighted by Gasteiger charge is 2.37. The van der Waals surface area contributed by atoms with Crippen LogP contribution in [0.25, 0.3) is 11.4 Å². The maximum Gasteiger partial charge on any atom is 0.323 e. The molecule has 1 N–H and O–H groups in total. The number of methoxy groups -OCH3 is 2. The number of β-amino-alcohol motifs (C(OH)–C–C–N with tert-alkyl or cyclic N) is 1. The third kappa shape index (κ3) is 4.01. The molecule has 1 aliphatic heterocycles. The molecule has 0 spiro atoms. The first-order valence-electron chi connectivity index (χ1n) is 8.91. The summed E-state index contributed by atoms with van der Waals surface area (Å²) in [5.74, 6) is 1.08. The smallest absolute Gasteiger partial charge is 0.323 e. The molecule has 1 aliphatic rings. The fourth-order valence-electron chi connectivity index (χ4n) is 3.37. The molecule has 1 saturated heterocycles. The number of hydrogen-bond donors (Lipinski definition) is 1. The largest absolute Gasteiger partial charge is 0.497 e. The highest BCUT2D eigenvalue weighted by Crippen LogP contribution is 2.24. The minimum Gasteiger partial charge on any atom is -0.497 e. The van der Waals surface area contributed by atoms with Gasteiger partial charge in [-0.05, 0) is 36.5 Å². The van der Waals surface area contributed by atoms with Gasteiger partial charge in [-0.15, -0.1) is 6.58 Å². The second-order valence-corrected chi connectivity index (χ2v) is 6.94. The molecule has 0 bridgehead atoms. The van der Waals surface area contributed by atoms with Crippen molar-refractivity contribution in [2.24, 2.45) is 0 Å². The molecule has 2 heterocycles. The number of allylic oxidation sites excluding steroid dienone is 1. The van der Waals surface area contributed by atoms with Crippen LogP contribution in [0.4, 0.5) is 0 Å². The molecule has 0 saturated carbocycles. The number of carbonyl (C=O) groups is 1. The van der Waals surface area contributed by atoms with Crippen molar-refractivity contribution < 1.29 is 19.4 Å². The molecule has 0 amide bonds. The van der Waals surface area contributed by atoms with Gasteiger partial charge < -0.3 is 14.6 Å². The summed E-state index contributed by atoms with van der Waals surface area (Å²) in [6.07, 6.45) is 1.50. The summed E-state index contributed by atoms with van der Waals surface area (Å²) in [6.45, 7) is 4.94. The highest BCUT2D eigenvalue weighted by atomic mass is 32.1. The van der Waals surface area contributed by atoms with Gasteiger partial charge in [0.2, 0.25) is 0 Å².